The Bertz CT molecular complexity index is 605. The highest BCUT2D eigenvalue weighted by Gasteiger charge is 2.36. The number of carbonyl (C=O) groups excluding carboxylic acids is 3. The van der Waals surface area contributed by atoms with Crippen molar-refractivity contribution < 1.29 is 24.2 Å². The summed E-state index contributed by atoms with van der Waals surface area (Å²) in [6.07, 6.45) is 0. The van der Waals surface area contributed by atoms with E-state index in [1.165, 1.54) is 0 Å². The van der Waals surface area contributed by atoms with Crippen LogP contribution in [0.15, 0.2) is 22.7 Å². The summed E-state index contributed by atoms with van der Waals surface area (Å²) in [5.41, 5.74) is 0.589. The van der Waals surface area contributed by atoms with Crippen LogP contribution < -0.4 is 5.32 Å². The number of carbonyl (C=O) groups is 3. The number of aliphatic hydroxyl groups is 1. The maximum atomic E-state index is 12.2. The Morgan fingerprint density at radius 3 is 2.68 bits per heavy atom. The lowest BCUT2D eigenvalue weighted by atomic mass is 10.1. The van der Waals surface area contributed by atoms with Crippen molar-refractivity contribution in [3.8, 4) is 0 Å². The first kappa shape index (κ1) is 16.6. The molecule has 0 spiro atoms. The smallest absolute Gasteiger partial charge is 0.262 e. The number of imide groups is 1. The molecule has 2 rings (SSSR count). The number of benzene rings is 1. The Labute approximate surface area is 135 Å². The molecule has 0 atom stereocenters. The van der Waals surface area contributed by atoms with Gasteiger partial charge in [0, 0.05) is 11.0 Å². The Morgan fingerprint density at radius 1 is 1.23 bits per heavy atom. The molecule has 22 heavy (non-hydrogen) atoms. The van der Waals surface area contributed by atoms with Crippen LogP contribution in [-0.4, -0.2) is 60.6 Å². The van der Waals surface area contributed by atoms with E-state index in [4.69, 9.17) is 9.84 Å². The summed E-state index contributed by atoms with van der Waals surface area (Å²) in [6.45, 7) is 0.278. The fourth-order valence-electron chi connectivity index (χ4n) is 2.04. The summed E-state index contributed by atoms with van der Waals surface area (Å²) in [7, 11) is 0. The molecule has 0 fully saturated rings. The zero-order valence-electron chi connectivity index (χ0n) is 11.7. The monoisotopic (exact) mass is 370 g/mol. The predicted octanol–water partition coefficient (Wildman–Crippen LogP) is 0.170. The lowest BCUT2D eigenvalue weighted by molar-refractivity contribution is -0.121. The number of nitrogens with zero attached hydrogens (tertiary/aromatic N) is 1. The molecule has 0 radical (unpaired) electrons. The topological polar surface area (TPSA) is 95.9 Å². The molecule has 3 amide bonds. The maximum absolute atomic E-state index is 12.2. The van der Waals surface area contributed by atoms with Gasteiger partial charge in [-0.2, -0.15) is 0 Å². The van der Waals surface area contributed by atoms with E-state index in [1.807, 2.05) is 0 Å². The minimum atomic E-state index is -0.479. The molecule has 1 aromatic rings. The SMILES string of the molecule is O=C(CN1C(=O)c2ccc(Br)cc2C1=O)NCCOCCO. The molecular formula is C14H15BrN2O5. The van der Waals surface area contributed by atoms with Gasteiger partial charge in [0.05, 0.1) is 30.9 Å². The molecule has 0 bridgehead atoms. The number of fused-ring (bicyclic) bond motifs is 1. The van der Waals surface area contributed by atoms with Crippen LogP contribution in [0.1, 0.15) is 20.7 Å². The highest BCUT2D eigenvalue weighted by molar-refractivity contribution is 9.10. The van der Waals surface area contributed by atoms with Crippen molar-refractivity contribution >= 4 is 33.7 Å². The van der Waals surface area contributed by atoms with Gasteiger partial charge >= 0.3 is 0 Å². The lowest BCUT2D eigenvalue weighted by Gasteiger charge is -2.13. The summed E-state index contributed by atoms with van der Waals surface area (Å²) >= 11 is 3.24. The van der Waals surface area contributed by atoms with Gasteiger partial charge in [-0.25, -0.2) is 0 Å². The number of halogens is 1. The van der Waals surface area contributed by atoms with E-state index in [-0.39, 0.29) is 32.9 Å². The Balaban J connectivity index is 1.90. The molecule has 0 saturated heterocycles. The van der Waals surface area contributed by atoms with Crippen LogP contribution in [-0.2, 0) is 9.53 Å². The Kier molecular flexibility index (Phi) is 5.64. The third-order valence-electron chi connectivity index (χ3n) is 3.04. The van der Waals surface area contributed by atoms with Gasteiger partial charge < -0.3 is 15.2 Å². The quantitative estimate of drug-likeness (QED) is 0.526. The highest BCUT2D eigenvalue weighted by atomic mass is 79.9. The van der Waals surface area contributed by atoms with Crippen molar-refractivity contribution in [3.05, 3.63) is 33.8 Å². The first-order valence-electron chi connectivity index (χ1n) is 6.65. The number of nitrogens with one attached hydrogen (secondary N) is 1. The summed E-state index contributed by atoms with van der Waals surface area (Å²) in [6, 6.07) is 4.79. The first-order chi connectivity index (χ1) is 10.5. The average molecular weight is 371 g/mol. The zero-order valence-corrected chi connectivity index (χ0v) is 13.3. The van der Waals surface area contributed by atoms with Crippen LogP contribution in [0.2, 0.25) is 0 Å². The lowest BCUT2D eigenvalue weighted by Crippen LogP contribution is -2.41. The van der Waals surface area contributed by atoms with Crippen LogP contribution in [0.3, 0.4) is 0 Å². The van der Waals surface area contributed by atoms with Crippen LogP contribution in [0.5, 0.6) is 0 Å². The van der Waals surface area contributed by atoms with E-state index in [0.717, 1.165) is 4.90 Å². The van der Waals surface area contributed by atoms with Crippen molar-refractivity contribution in [2.75, 3.05) is 32.9 Å². The molecule has 0 unspecified atom stereocenters. The molecule has 118 valence electrons. The van der Waals surface area contributed by atoms with Crippen molar-refractivity contribution in [3.63, 3.8) is 0 Å². The van der Waals surface area contributed by atoms with Crippen molar-refractivity contribution in [1.29, 1.82) is 0 Å². The molecule has 0 saturated carbocycles. The maximum Gasteiger partial charge on any atom is 0.262 e. The minimum Gasteiger partial charge on any atom is -0.394 e. The van der Waals surface area contributed by atoms with E-state index in [0.29, 0.717) is 15.6 Å². The average Bonchev–Trinajstić information content (AvgIpc) is 2.72. The highest BCUT2D eigenvalue weighted by Crippen LogP contribution is 2.25. The molecule has 1 aromatic carbocycles. The molecule has 1 aliphatic rings. The van der Waals surface area contributed by atoms with Gasteiger partial charge in [-0.1, -0.05) is 15.9 Å². The summed E-state index contributed by atoms with van der Waals surface area (Å²) in [5.74, 6) is -1.40. The van der Waals surface area contributed by atoms with Gasteiger partial charge in [0.25, 0.3) is 11.8 Å². The number of rotatable bonds is 7. The normalized spacial score (nSPS) is 13.5. The summed E-state index contributed by atoms with van der Waals surface area (Å²) in [4.78, 5) is 37.0. The molecule has 2 N–H and O–H groups in total. The second-order valence-corrected chi connectivity index (χ2v) is 5.49. The second-order valence-electron chi connectivity index (χ2n) is 4.57. The Morgan fingerprint density at radius 2 is 1.95 bits per heavy atom. The van der Waals surface area contributed by atoms with Crippen LogP contribution in [0, 0.1) is 0 Å². The van der Waals surface area contributed by atoms with Gasteiger partial charge in [-0.15, -0.1) is 0 Å². The largest absolute Gasteiger partial charge is 0.394 e. The van der Waals surface area contributed by atoms with E-state index >= 15 is 0 Å². The van der Waals surface area contributed by atoms with Crippen LogP contribution in [0.25, 0.3) is 0 Å². The molecule has 0 aliphatic carbocycles. The van der Waals surface area contributed by atoms with Crippen molar-refractivity contribution in [1.82, 2.24) is 10.2 Å². The van der Waals surface area contributed by atoms with Gasteiger partial charge in [0.1, 0.15) is 6.54 Å². The number of amides is 3. The third kappa shape index (κ3) is 3.70. The molecule has 7 nitrogen and oxygen atoms in total. The standard InChI is InChI=1S/C14H15BrN2O5/c15-9-1-2-10-11(7-9)14(21)17(13(10)20)8-12(19)16-3-5-22-6-4-18/h1-2,7,18H,3-6,8H2,(H,16,19). The van der Waals surface area contributed by atoms with Gasteiger partial charge in [-0.3, -0.25) is 19.3 Å². The first-order valence-corrected chi connectivity index (χ1v) is 7.45. The number of hydrogen-bond donors (Lipinski definition) is 2. The van der Waals surface area contributed by atoms with Crippen molar-refractivity contribution in [2.24, 2.45) is 0 Å². The Hall–Kier alpha value is -1.77. The van der Waals surface area contributed by atoms with E-state index in [2.05, 4.69) is 21.2 Å². The van der Waals surface area contributed by atoms with E-state index < -0.39 is 17.7 Å². The second kappa shape index (κ2) is 7.48. The number of ether oxygens (including phenoxy) is 1. The number of hydrogen-bond acceptors (Lipinski definition) is 5. The van der Waals surface area contributed by atoms with E-state index in [9.17, 15) is 14.4 Å². The minimum absolute atomic E-state index is 0.0848. The number of aliphatic hydroxyl groups excluding tert-OH is 1. The molecular weight excluding hydrogens is 356 g/mol. The van der Waals surface area contributed by atoms with Gasteiger partial charge in [-0.05, 0) is 18.2 Å². The zero-order chi connectivity index (χ0) is 16.1. The summed E-state index contributed by atoms with van der Waals surface area (Å²) in [5, 5.41) is 11.1. The van der Waals surface area contributed by atoms with Gasteiger partial charge in [0.2, 0.25) is 5.91 Å². The summed E-state index contributed by atoms with van der Waals surface area (Å²) < 4.78 is 5.69. The fraction of sp³-hybridized carbons (Fsp3) is 0.357. The fourth-order valence-corrected chi connectivity index (χ4v) is 2.40. The third-order valence-corrected chi connectivity index (χ3v) is 3.53. The molecule has 0 aromatic heterocycles. The van der Waals surface area contributed by atoms with Crippen LogP contribution >= 0.6 is 15.9 Å². The molecule has 1 aliphatic heterocycles. The van der Waals surface area contributed by atoms with Crippen LogP contribution in [0.4, 0.5) is 0 Å². The van der Waals surface area contributed by atoms with Gasteiger partial charge in [0.15, 0.2) is 0 Å². The predicted molar refractivity (Wildman–Crippen MR) is 80.4 cm³/mol. The van der Waals surface area contributed by atoms with E-state index in [1.54, 1.807) is 18.2 Å². The molecule has 8 heteroatoms. The molecule has 1 heterocycles. The van der Waals surface area contributed by atoms with Crippen molar-refractivity contribution in [2.45, 2.75) is 0 Å².